The van der Waals surface area contributed by atoms with Crippen molar-refractivity contribution in [3.63, 3.8) is 0 Å². The van der Waals surface area contributed by atoms with Crippen LogP contribution >= 0.6 is 0 Å². The first-order valence-electron chi connectivity index (χ1n) is 8.78. The van der Waals surface area contributed by atoms with Crippen LogP contribution in [0.25, 0.3) is 0 Å². The van der Waals surface area contributed by atoms with Gasteiger partial charge in [0.2, 0.25) is 5.91 Å². The molecule has 1 aromatic heterocycles. The molecule has 8 nitrogen and oxygen atoms in total. The third kappa shape index (κ3) is 4.39. The fourth-order valence-electron chi connectivity index (χ4n) is 3.12. The molecular weight excluding hydrogens is 332 g/mol. The van der Waals surface area contributed by atoms with Crippen LogP contribution in [0.5, 0.6) is 5.75 Å². The number of hydrogen-bond acceptors (Lipinski definition) is 6. The highest BCUT2D eigenvalue weighted by molar-refractivity contribution is 5.81. The van der Waals surface area contributed by atoms with E-state index in [1.807, 2.05) is 43.2 Å². The van der Waals surface area contributed by atoms with Gasteiger partial charge in [0.15, 0.2) is 0 Å². The summed E-state index contributed by atoms with van der Waals surface area (Å²) in [6.45, 7) is 1.88. The minimum absolute atomic E-state index is 0.00803. The van der Waals surface area contributed by atoms with Crippen LogP contribution in [0, 0.1) is 0 Å². The Morgan fingerprint density at radius 3 is 3.00 bits per heavy atom. The molecule has 2 atom stereocenters. The third-order valence-corrected chi connectivity index (χ3v) is 4.44. The molecule has 1 aliphatic heterocycles. The van der Waals surface area contributed by atoms with Crippen LogP contribution in [0.2, 0.25) is 0 Å². The first-order chi connectivity index (χ1) is 12.6. The SMILES string of the molecule is CNC(=O)[C@@H]1C[C@@H](n2cc(COc3ccccc3CN(C)C)nn2)CN1. The molecule has 0 spiro atoms. The lowest BCUT2D eigenvalue weighted by molar-refractivity contribution is -0.122. The molecule has 26 heavy (non-hydrogen) atoms. The normalized spacial score (nSPS) is 19.7. The van der Waals surface area contributed by atoms with E-state index >= 15 is 0 Å². The second-order valence-electron chi connectivity index (χ2n) is 6.79. The lowest BCUT2D eigenvalue weighted by Gasteiger charge is -2.14. The lowest BCUT2D eigenvalue weighted by atomic mass is 10.1. The highest BCUT2D eigenvalue weighted by atomic mass is 16.5. The average molecular weight is 358 g/mol. The van der Waals surface area contributed by atoms with Gasteiger partial charge in [0, 0.05) is 25.7 Å². The van der Waals surface area contributed by atoms with Crippen LogP contribution in [-0.2, 0) is 17.9 Å². The zero-order chi connectivity index (χ0) is 18.5. The highest BCUT2D eigenvalue weighted by Crippen LogP contribution is 2.21. The van der Waals surface area contributed by atoms with Gasteiger partial charge in [0.25, 0.3) is 0 Å². The van der Waals surface area contributed by atoms with Gasteiger partial charge in [-0.2, -0.15) is 0 Å². The molecule has 2 N–H and O–H groups in total. The highest BCUT2D eigenvalue weighted by Gasteiger charge is 2.30. The molecule has 2 heterocycles. The van der Waals surface area contributed by atoms with Crippen molar-refractivity contribution in [2.24, 2.45) is 0 Å². The zero-order valence-corrected chi connectivity index (χ0v) is 15.5. The van der Waals surface area contributed by atoms with Gasteiger partial charge in [0.1, 0.15) is 18.1 Å². The Morgan fingerprint density at radius 2 is 2.23 bits per heavy atom. The molecule has 0 bridgehead atoms. The number of carbonyl (C=O) groups excluding carboxylic acids is 1. The van der Waals surface area contributed by atoms with Gasteiger partial charge >= 0.3 is 0 Å². The van der Waals surface area contributed by atoms with E-state index in [2.05, 4.69) is 31.9 Å². The Labute approximate surface area is 153 Å². The molecule has 140 valence electrons. The summed E-state index contributed by atoms with van der Waals surface area (Å²) >= 11 is 0. The minimum atomic E-state index is -0.174. The van der Waals surface area contributed by atoms with Gasteiger partial charge in [-0.3, -0.25) is 4.79 Å². The summed E-state index contributed by atoms with van der Waals surface area (Å²) in [4.78, 5) is 13.8. The molecule has 0 unspecified atom stereocenters. The van der Waals surface area contributed by atoms with E-state index in [1.165, 1.54) is 0 Å². The van der Waals surface area contributed by atoms with Crippen LogP contribution in [0.1, 0.15) is 23.7 Å². The summed E-state index contributed by atoms with van der Waals surface area (Å²) in [5.74, 6) is 0.867. The van der Waals surface area contributed by atoms with Gasteiger partial charge in [-0.15, -0.1) is 5.10 Å². The maximum absolute atomic E-state index is 11.7. The van der Waals surface area contributed by atoms with Crippen LogP contribution in [0.3, 0.4) is 0 Å². The molecule has 0 aliphatic carbocycles. The number of amides is 1. The van der Waals surface area contributed by atoms with Crippen LogP contribution < -0.4 is 15.4 Å². The number of rotatable bonds is 7. The van der Waals surface area contributed by atoms with Crippen molar-refractivity contribution >= 4 is 5.91 Å². The topological polar surface area (TPSA) is 84.3 Å². The van der Waals surface area contributed by atoms with Crippen LogP contribution in [0.4, 0.5) is 0 Å². The average Bonchev–Trinajstić information content (AvgIpc) is 3.29. The maximum atomic E-state index is 11.7. The van der Waals surface area contributed by atoms with E-state index in [0.29, 0.717) is 19.6 Å². The van der Waals surface area contributed by atoms with E-state index < -0.39 is 0 Å². The van der Waals surface area contributed by atoms with Crippen molar-refractivity contribution in [2.45, 2.75) is 31.7 Å². The number of likely N-dealkylation sites (N-methyl/N-ethyl adjacent to an activating group) is 1. The Morgan fingerprint density at radius 1 is 1.42 bits per heavy atom. The molecule has 1 aromatic carbocycles. The summed E-state index contributed by atoms with van der Waals surface area (Å²) in [5.41, 5.74) is 1.91. The minimum Gasteiger partial charge on any atom is -0.487 e. The van der Waals surface area contributed by atoms with Crippen molar-refractivity contribution in [3.8, 4) is 5.75 Å². The number of benzene rings is 1. The van der Waals surface area contributed by atoms with Gasteiger partial charge in [-0.1, -0.05) is 23.4 Å². The number of aromatic nitrogens is 3. The Balaban J connectivity index is 1.59. The van der Waals surface area contributed by atoms with Crippen molar-refractivity contribution < 1.29 is 9.53 Å². The second kappa shape index (κ2) is 8.29. The molecule has 1 aliphatic rings. The van der Waals surface area contributed by atoms with Gasteiger partial charge in [-0.05, 0) is 26.6 Å². The smallest absolute Gasteiger partial charge is 0.236 e. The van der Waals surface area contributed by atoms with Crippen LogP contribution in [0.15, 0.2) is 30.5 Å². The zero-order valence-electron chi connectivity index (χ0n) is 15.5. The summed E-state index contributed by atoms with van der Waals surface area (Å²) in [5, 5.41) is 14.3. The first-order valence-corrected chi connectivity index (χ1v) is 8.78. The predicted molar refractivity (Wildman–Crippen MR) is 97.7 cm³/mol. The van der Waals surface area contributed by atoms with Crippen molar-refractivity contribution in [1.29, 1.82) is 0 Å². The molecule has 0 saturated carbocycles. The van der Waals surface area contributed by atoms with E-state index in [4.69, 9.17) is 4.74 Å². The van der Waals surface area contributed by atoms with Crippen molar-refractivity contribution in [3.05, 3.63) is 41.7 Å². The Kier molecular flexibility index (Phi) is 5.85. The summed E-state index contributed by atoms with van der Waals surface area (Å²) in [6, 6.07) is 7.96. The summed E-state index contributed by atoms with van der Waals surface area (Å²) < 4.78 is 7.77. The number of ether oxygens (including phenoxy) is 1. The Bertz CT molecular complexity index is 745. The van der Waals surface area contributed by atoms with Gasteiger partial charge in [-0.25, -0.2) is 4.68 Å². The molecule has 0 radical (unpaired) electrons. The van der Waals surface area contributed by atoms with Crippen LogP contribution in [-0.4, -0.2) is 59.5 Å². The Hall–Kier alpha value is -2.45. The molecule has 3 rings (SSSR count). The fraction of sp³-hybridized carbons (Fsp3) is 0.500. The number of hydrogen-bond donors (Lipinski definition) is 2. The number of nitrogens with zero attached hydrogens (tertiary/aromatic N) is 4. The quantitative estimate of drug-likeness (QED) is 0.753. The number of nitrogens with one attached hydrogen (secondary N) is 2. The monoisotopic (exact) mass is 358 g/mol. The first kappa shape index (κ1) is 18.3. The van der Waals surface area contributed by atoms with Crippen molar-refractivity contribution in [2.75, 3.05) is 27.7 Å². The van der Waals surface area contributed by atoms with E-state index in [-0.39, 0.29) is 18.0 Å². The van der Waals surface area contributed by atoms with E-state index in [9.17, 15) is 4.79 Å². The van der Waals surface area contributed by atoms with E-state index in [1.54, 1.807) is 7.05 Å². The number of carbonyl (C=O) groups is 1. The maximum Gasteiger partial charge on any atom is 0.236 e. The van der Waals surface area contributed by atoms with Crippen molar-refractivity contribution in [1.82, 2.24) is 30.5 Å². The van der Waals surface area contributed by atoms with Gasteiger partial charge < -0.3 is 20.3 Å². The van der Waals surface area contributed by atoms with Gasteiger partial charge in [0.05, 0.1) is 18.3 Å². The molecule has 8 heteroatoms. The largest absolute Gasteiger partial charge is 0.487 e. The molecule has 1 amide bonds. The summed E-state index contributed by atoms with van der Waals surface area (Å²) in [7, 11) is 5.71. The fourth-order valence-corrected chi connectivity index (χ4v) is 3.12. The summed E-state index contributed by atoms with van der Waals surface area (Å²) in [6.07, 6.45) is 2.60. The molecule has 1 saturated heterocycles. The second-order valence-corrected chi connectivity index (χ2v) is 6.79. The predicted octanol–water partition coefficient (Wildman–Crippen LogP) is 0.568. The number of para-hydroxylation sites is 1. The molecule has 1 fully saturated rings. The molecular formula is C18H26N6O2. The standard InChI is InChI=1S/C18H26N6O2/c1-19-18(25)16-8-15(9-20-16)24-11-14(21-22-24)12-26-17-7-5-4-6-13(17)10-23(2)3/h4-7,11,15-16,20H,8-10,12H2,1-3H3,(H,19,25)/t15-,16+/m1/s1. The van der Waals surface area contributed by atoms with E-state index in [0.717, 1.165) is 23.6 Å². The lowest BCUT2D eigenvalue weighted by Crippen LogP contribution is -2.38. The molecule has 2 aromatic rings. The third-order valence-electron chi connectivity index (χ3n) is 4.44.